The summed E-state index contributed by atoms with van der Waals surface area (Å²) >= 11 is 0. The number of rotatable bonds is 5. The number of hydrogen-bond donors (Lipinski definition) is 3. The molecule has 0 saturated heterocycles. The Labute approximate surface area is 127 Å². The number of hydrogen-bond acceptors (Lipinski definition) is 5. The van der Waals surface area contributed by atoms with E-state index in [0.717, 1.165) is 12.8 Å². The van der Waals surface area contributed by atoms with E-state index in [1.54, 1.807) is 18.2 Å². The van der Waals surface area contributed by atoms with Crippen LogP contribution in [-0.4, -0.2) is 36.4 Å². The lowest BCUT2D eigenvalue weighted by atomic mass is 10.2. The molecule has 1 heterocycles. The van der Waals surface area contributed by atoms with Gasteiger partial charge in [-0.15, -0.1) is 0 Å². The van der Waals surface area contributed by atoms with E-state index in [0.29, 0.717) is 29.5 Å². The van der Waals surface area contributed by atoms with E-state index in [4.69, 9.17) is 9.47 Å². The van der Waals surface area contributed by atoms with Crippen molar-refractivity contribution in [1.82, 2.24) is 5.32 Å². The van der Waals surface area contributed by atoms with Crippen LogP contribution in [0.3, 0.4) is 0 Å². The van der Waals surface area contributed by atoms with Gasteiger partial charge in [0.1, 0.15) is 0 Å². The average molecular weight is 306 g/mol. The zero-order valence-corrected chi connectivity index (χ0v) is 12.0. The second-order valence-corrected chi connectivity index (χ2v) is 5.47. The summed E-state index contributed by atoms with van der Waals surface area (Å²) in [7, 11) is 0. The molecule has 0 spiro atoms. The first-order valence-corrected chi connectivity index (χ1v) is 7.30. The second-order valence-electron chi connectivity index (χ2n) is 5.47. The fraction of sp³-hybridized carbons (Fsp3) is 0.467. The molecule has 1 saturated carbocycles. The fourth-order valence-corrected chi connectivity index (χ4v) is 2.29. The van der Waals surface area contributed by atoms with Gasteiger partial charge in [0.15, 0.2) is 11.5 Å². The molecule has 1 aromatic carbocycles. The highest BCUT2D eigenvalue weighted by atomic mass is 16.7. The number of fused-ring (bicyclic) bond motifs is 1. The number of benzene rings is 1. The molecule has 7 heteroatoms. The van der Waals surface area contributed by atoms with Crippen molar-refractivity contribution < 1.29 is 24.2 Å². The van der Waals surface area contributed by atoms with Crippen molar-refractivity contribution in [2.24, 2.45) is 5.92 Å². The molecule has 1 aromatic rings. The molecule has 0 bridgehead atoms. The Morgan fingerprint density at radius 3 is 2.77 bits per heavy atom. The van der Waals surface area contributed by atoms with Gasteiger partial charge in [0, 0.05) is 18.3 Å². The van der Waals surface area contributed by atoms with Crippen LogP contribution in [0.1, 0.15) is 19.3 Å². The molecule has 7 nitrogen and oxygen atoms in total. The van der Waals surface area contributed by atoms with Gasteiger partial charge in [0.2, 0.25) is 6.79 Å². The standard InChI is InChI=1S/C15H18N2O5/c18-11(9-1-2-9)5-6-16-14(19)15(20)17-10-3-4-12-13(7-10)22-8-21-12/h3-4,7,9,11,18H,1-2,5-6,8H2,(H,16,19)(H,17,20). The molecule has 22 heavy (non-hydrogen) atoms. The van der Waals surface area contributed by atoms with E-state index in [9.17, 15) is 14.7 Å². The van der Waals surface area contributed by atoms with Gasteiger partial charge in [0.25, 0.3) is 0 Å². The maximum absolute atomic E-state index is 11.8. The van der Waals surface area contributed by atoms with Crippen LogP contribution >= 0.6 is 0 Å². The van der Waals surface area contributed by atoms with Crippen LogP contribution in [0, 0.1) is 5.92 Å². The van der Waals surface area contributed by atoms with Crippen molar-refractivity contribution >= 4 is 17.5 Å². The number of carbonyl (C=O) groups excluding carboxylic acids is 2. The monoisotopic (exact) mass is 306 g/mol. The van der Waals surface area contributed by atoms with Crippen molar-refractivity contribution in [1.29, 1.82) is 0 Å². The van der Waals surface area contributed by atoms with Crippen LogP contribution in [0.4, 0.5) is 5.69 Å². The largest absolute Gasteiger partial charge is 0.454 e. The molecule has 0 aromatic heterocycles. The summed E-state index contributed by atoms with van der Waals surface area (Å²) in [5.74, 6) is 0.0297. The highest BCUT2D eigenvalue weighted by molar-refractivity contribution is 6.39. The lowest BCUT2D eigenvalue weighted by Gasteiger charge is -2.10. The highest BCUT2D eigenvalue weighted by Gasteiger charge is 2.29. The van der Waals surface area contributed by atoms with Gasteiger partial charge in [-0.2, -0.15) is 0 Å². The molecule has 118 valence electrons. The van der Waals surface area contributed by atoms with Gasteiger partial charge in [-0.05, 0) is 37.3 Å². The Morgan fingerprint density at radius 2 is 2.00 bits per heavy atom. The summed E-state index contributed by atoms with van der Waals surface area (Å²) in [4.78, 5) is 23.5. The Hall–Kier alpha value is -2.28. The zero-order chi connectivity index (χ0) is 15.5. The quantitative estimate of drug-likeness (QED) is 0.693. The van der Waals surface area contributed by atoms with Gasteiger partial charge in [-0.1, -0.05) is 0 Å². The van der Waals surface area contributed by atoms with Crippen LogP contribution < -0.4 is 20.1 Å². The summed E-state index contributed by atoms with van der Waals surface area (Å²) in [6.45, 7) is 0.432. The van der Waals surface area contributed by atoms with Gasteiger partial charge in [-0.25, -0.2) is 0 Å². The van der Waals surface area contributed by atoms with Crippen molar-refractivity contribution in [2.45, 2.75) is 25.4 Å². The van der Waals surface area contributed by atoms with Crippen LogP contribution in [0.25, 0.3) is 0 Å². The first-order valence-electron chi connectivity index (χ1n) is 7.30. The molecule has 3 N–H and O–H groups in total. The Balaban J connectivity index is 1.45. The van der Waals surface area contributed by atoms with Crippen LogP contribution in [0.5, 0.6) is 11.5 Å². The zero-order valence-electron chi connectivity index (χ0n) is 12.0. The maximum atomic E-state index is 11.8. The third-order valence-corrected chi connectivity index (χ3v) is 3.73. The molecular weight excluding hydrogens is 288 g/mol. The van der Waals surface area contributed by atoms with E-state index in [1.165, 1.54) is 0 Å². The van der Waals surface area contributed by atoms with Gasteiger partial charge < -0.3 is 25.2 Å². The van der Waals surface area contributed by atoms with E-state index in [1.807, 2.05) is 0 Å². The number of anilines is 1. The number of aliphatic hydroxyl groups excluding tert-OH is 1. The van der Waals surface area contributed by atoms with Crippen LogP contribution in [-0.2, 0) is 9.59 Å². The van der Waals surface area contributed by atoms with E-state index in [-0.39, 0.29) is 13.3 Å². The summed E-state index contributed by atoms with van der Waals surface area (Å²) in [5.41, 5.74) is 0.461. The predicted octanol–water partition coefficient (Wildman–Crippen LogP) is 0.631. The highest BCUT2D eigenvalue weighted by Crippen LogP contribution is 2.34. The molecule has 0 radical (unpaired) electrons. The molecule has 2 aliphatic rings. The Bertz CT molecular complexity index is 585. The normalized spacial score (nSPS) is 17.0. The second kappa shape index (κ2) is 6.23. The molecule has 1 aliphatic carbocycles. The summed E-state index contributed by atoms with van der Waals surface area (Å²) in [6, 6.07) is 4.90. The summed E-state index contributed by atoms with van der Waals surface area (Å²) in [5, 5.41) is 14.7. The van der Waals surface area contributed by atoms with Crippen LogP contribution in [0.2, 0.25) is 0 Å². The number of aliphatic hydroxyl groups is 1. The summed E-state index contributed by atoms with van der Waals surface area (Å²) in [6.07, 6.45) is 2.16. The van der Waals surface area contributed by atoms with E-state index >= 15 is 0 Å². The number of carbonyl (C=O) groups is 2. The lowest BCUT2D eigenvalue weighted by molar-refractivity contribution is -0.136. The minimum atomic E-state index is -0.750. The Kier molecular flexibility index (Phi) is 4.15. The first kappa shape index (κ1) is 14.6. The third-order valence-electron chi connectivity index (χ3n) is 3.73. The van der Waals surface area contributed by atoms with E-state index in [2.05, 4.69) is 10.6 Å². The van der Waals surface area contributed by atoms with Gasteiger partial charge in [-0.3, -0.25) is 9.59 Å². The molecule has 1 unspecified atom stereocenters. The SMILES string of the molecule is O=C(NCCC(O)C1CC1)C(=O)Nc1ccc2c(c1)OCO2. The minimum absolute atomic E-state index is 0.149. The third kappa shape index (κ3) is 3.48. The minimum Gasteiger partial charge on any atom is -0.454 e. The van der Waals surface area contributed by atoms with Gasteiger partial charge >= 0.3 is 11.8 Å². The van der Waals surface area contributed by atoms with E-state index < -0.39 is 17.9 Å². The lowest BCUT2D eigenvalue weighted by Crippen LogP contribution is -2.37. The maximum Gasteiger partial charge on any atom is 0.313 e. The number of ether oxygens (including phenoxy) is 2. The van der Waals surface area contributed by atoms with Crippen molar-refractivity contribution in [3.8, 4) is 11.5 Å². The number of amides is 2. The number of nitrogens with one attached hydrogen (secondary N) is 2. The molecule has 1 fully saturated rings. The first-order chi connectivity index (χ1) is 10.6. The van der Waals surface area contributed by atoms with Crippen molar-refractivity contribution in [3.63, 3.8) is 0 Å². The fourth-order valence-electron chi connectivity index (χ4n) is 2.29. The smallest absolute Gasteiger partial charge is 0.313 e. The molecule has 1 aliphatic heterocycles. The van der Waals surface area contributed by atoms with Crippen molar-refractivity contribution in [3.05, 3.63) is 18.2 Å². The molecule has 2 amide bonds. The summed E-state index contributed by atoms with van der Waals surface area (Å²) < 4.78 is 10.4. The topological polar surface area (TPSA) is 96.9 Å². The average Bonchev–Trinajstić information content (AvgIpc) is 3.25. The Morgan fingerprint density at radius 1 is 1.23 bits per heavy atom. The van der Waals surface area contributed by atoms with Crippen LogP contribution in [0.15, 0.2) is 18.2 Å². The van der Waals surface area contributed by atoms with Gasteiger partial charge in [0.05, 0.1) is 6.10 Å². The molecule has 1 atom stereocenters. The van der Waals surface area contributed by atoms with Crippen molar-refractivity contribution in [2.75, 3.05) is 18.7 Å². The molecule has 3 rings (SSSR count). The molecular formula is C15H18N2O5. The predicted molar refractivity (Wildman–Crippen MR) is 77.6 cm³/mol.